The summed E-state index contributed by atoms with van der Waals surface area (Å²) < 4.78 is 13.4. The lowest BCUT2D eigenvalue weighted by Gasteiger charge is -2.08. The number of hydrogen-bond acceptors (Lipinski definition) is 4. The molecule has 0 aliphatic heterocycles. The SMILES string of the molecule is Cc1cc(-n2c(C)cc(C(=O)COc3ccc(Br)cc3Cl)c2C)no1. The molecule has 2 aromatic heterocycles. The molecule has 0 saturated heterocycles. The Morgan fingerprint density at radius 1 is 1.28 bits per heavy atom. The lowest BCUT2D eigenvalue weighted by Crippen LogP contribution is -2.13. The summed E-state index contributed by atoms with van der Waals surface area (Å²) >= 11 is 9.45. The summed E-state index contributed by atoms with van der Waals surface area (Å²) in [4.78, 5) is 12.6. The Kier molecular flexibility index (Phi) is 5.01. The number of ether oxygens (including phenoxy) is 1. The number of hydrogen-bond donors (Lipinski definition) is 0. The monoisotopic (exact) mass is 422 g/mol. The lowest BCUT2D eigenvalue weighted by atomic mass is 10.1. The van der Waals surface area contributed by atoms with Crippen LogP contribution in [-0.2, 0) is 0 Å². The molecule has 2 heterocycles. The summed E-state index contributed by atoms with van der Waals surface area (Å²) in [6.07, 6.45) is 0. The van der Waals surface area contributed by atoms with Gasteiger partial charge < -0.3 is 9.26 Å². The Morgan fingerprint density at radius 3 is 2.68 bits per heavy atom. The first kappa shape index (κ1) is 17.8. The van der Waals surface area contributed by atoms with Gasteiger partial charge in [0.2, 0.25) is 5.78 Å². The number of carbonyl (C=O) groups excluding carboxylic acids is 1. The minimum absolute atomic E-state index is 0.0938. The highest BCUT2D eigenvalue weighted by Crippen LogP contribution is 2.28. The van der Waals surface area contributed by atoms with Crippen molar-refractivity contribution < 1.29 is 14.1 Å². The smallest absolute Gasteiger partial charge is 0.202 e. The van der Waals surface area contributed by atoms with Crippen LogP contribution in [0.1, 0.15) is 27.5 Å². The van der Waals surface area contributed by atoms with Gasteiger partial charge in [0.1, 0.15) is 11.5 Å². The first-order valence-corrected chi connectivity index (χ1v) is 8.77. The van der Waals surface area contributed by atoms with Crippen molar-refractivity contribution >= 4 is 33.3 Å². The maximum absolute atomic E-state index is 12.6. The van der Waals surface area contributed by atoms with Crippen molar-refractivity contribution in [1.82, 2.24) is 9.72 Å². The highest BCUT2D eigenvalue weighted by Gasteiger charge is 2.19. The van der Waals surface area contributed by atoms with E-state index in [1.165, 1.54) is 0 Å². The zero-order valence-electron chi connectivity index (χ0n) is 14.0. The summed E-state index contributed by atoms with van der Waals surface area (Å²) in [6, 6.07) is 8.91. The third-order valence-corrected chi connectivity index (χ3v) is 4.62. The van der Waals surface area contributed by atoms with Crippen LogP contribution in [0.4, 0.5) is 0 Å². The van der Waals surface area contributed by atoms with Crippen LogP contribution in [0.2, 0.25) is 5.02 Å². The van der Waals surface area contributed by atoms with Gasteiger partial charge >= 0.3 is 0 Å². The Labute approximate surface area is 158 Å². The van der Waals surface area contributed by atoms with E-state index in [0.717, 1.165) is 15.9 Å². The molecule has 130 valence electrons. The average molecular weight is 424 g/mol. The zero-order valence-corrected chi connectivity index (χ0v) is 16.3. The van der Waals surface area contributed by atoms with E-state index in [1.807, 2.05) is 43.5 Å². The topological polar surface area (TPSA) is 57.3 Å². The molecule has 3 aromatic rings. The van der Waals surface area contributed by atoms with Gasteiger partial charge in [-0.15, -0.1) is 0 Å². The number of Topliss-reactive ketones (excluding diaryl/α,β-unsaturated/α-hetero) is 1. The van der Waals surface area contributed by atoms with Crippen molar-refractivity contribution in [3.8, 4) is 11.6 Å². The van der Waals surface area contributed by atoms with Crippen LogP contribution in [0.15, 0.2) is 39.3 Å². The van der Waals surface area contributed by atoms with Crippen LogP contribution < -0.4 is 4.74 Å². The fraction of sp³-hybridized carbons (Fsp3) is 0.222. The third-order valence-electron chi connectivity index (χ3n) is 3.83. The highest BCUT2D eigenvalue weighted by atomic mass is 79.9. The van der Waals surface area contributed by atoms with Gasteiger partial charge in [-0.2, -0.15) is 0 Å². The Bertz CT molecular complexity index is 946. The number of aromatic nitrogens is 2. The van der Waals surface area contributed by atoms with Gasteiger partial charge in [-0.1, -0.05) is 32.7 Å². The van der Waals surface area contributed by atoms with Gasteiger partial charge in [-0.25, -0.2) is 0 Å². The standard InChI is InChI=1S/C18H16BrClN2O3/c1-10-6-14(12(3)22(10)18-7-11(2)25-21-18)16(23)9-24-17-5-4-13(19)8-15(17)20/h4-8H,9H2,1-3H3. The molecule has 0 aliphatic rings. The van der Waals surface area contributed by atoms with Crippen LogP contribution >= 0.6 is 27.5 Å². The van der Waals surface area contributed by atoms with Gasteiger partial charge in [0, 0.05) is 27.5 Å². The molecule has 1 aromatic carbocycles. The summed E-state index contributed by atoms with van der Waals surface area (Å²) in [5.41, 5.74) is 2.28. The molecule has 0 N–H and O–H groups in total. The largest absolute Gasteiger partial charge is 0.484 e. The molecule has 25 heavy (non-hydrogen) atoms. The number of benzene rings is 1. The second-order valence-corrected chi connectivity index (χ2v) is 7.03. The van der Waals surface area contributed by atoms with E-state index in [-0.39, 0.29) is 12.4 Å². The summed E-state index contributed by atoms with van der Waals surface area (Å²) in [6.45, 7) is 5.52. The number of carbonyl (C=O) groups is 1. The molecule has 0 unspecified atom stereocenters. The van der Waals surface area contributed by atoms with Crippen LogP contribution in [0, 0.1) is 20.8 Å². The fourth-order valence-electron chi connectivity index (χ4n) is 2.67. The normalized spacial score (nSPS) is 10.9. The van der Waals surface area contributed by atoms with Crippen LogP contribution in [0.25, 0.3) is 5.82 Å². The number of halogens is 2. The van der Waals surface area contributed by atoms with Crippen molar-refractivity contribution in [3.05, 3.63) is 62.5 Å². The lowest BCUT2D eigenvalue weighted by molar-refractivity contribution is 0.0921. The molecule has 0 bridgehead atoms. The predicted molar refractivity (Wildman–Crippen MR) is 99.0 cm³/mol. The second-order valence-electron chi connectivity index (χ2n) is 5.70. The van der Waals surface area contributed by atoms with E-state index in [4.69, 9.17) is 20.9 Å². The molecule has 0 saturated carbocycles. The molecule has 5 nitrogen and oxygen atoms in total. The number of ketones is 1. The quantitative estimate of drug-likeness (QED) is 0.538. The second kappa shape index (κ2) is 7.06. The van der Waals surface area contributed by atoms with E-state index in [0.29, 0.717) is 27.9 Å². The van der Waals surface area contributed by atoms with E-state index < -0.39 is 0 Å². The van der Waals surface area contributed by atoms with E-state index in [9.17, 15) is 4.79 Å². The van der Waals surface area contributed by atoms with Crippen molar-refractivity contribution in [2.75, 3.05) is 6.61 Å². The van der Waals surface area contributed by atoms with E-state index >= 15 is 0 Å². The van der Waals surface area contributed by atoms with Crippen LogP contribution in [0.3, 0.4) is 0 Å². The molecule has 0 spiro atoms. The minimum atomic E-state index is -0.126. The van der Waals surface area contributed by atoms with Gasteiger partial charge in [0.15, 0.2) is 12.4 Å². The number of aryl methyl sites for hydroxylation is 2. The zero-order chi connectivity index (χ0) is 18.1. The van der Waals surface area contributed by atoms with Gasteiger partial charge in [-0.3, -0.25) is 9.36 Å². The van der Waals surface area contributed by atoms with Crippen molar-refractivity contribution in [2.45, 2.75) is 20.8 Å². The molecule has 0 aliphatic carbocycles. The fourth-order valence-corrected chi connectivity index (χ4v) is 3.40. The summed E-state index contributed by atoms with van der Waals surface area (Å²) in [5.74, 6) is 1.71. The molecule has 3 rings (SSSR count). The molecular formula is C18H16BrClN2O3. The maximum atomic E-state index is 12.6. The molecule has 0 amide bonds. The molecule has 7 heteroatoms. The van der Waals surface area contributed by atoms with Crippen molar-refractivity contribution in [2.24, 2.45) is 0 Å². The van der Waals surface area contributed by atoms with Gasteiger partial charge in [-0.05, 0) is 45.0 Å². The maximum Gasteiger partial charge on any atom is 0.202 e. The Hall–Kier alpha value is -2.05. The molecule has 0 radical (unpaired) electrons. The van der Waals surface area contributed by atoms with Gasteiger partial charge in [0.25, 0.3) is 0 Å². The van der Waals surface area contributed by atoms with Crippen LogP contribution in [0.5, 0.6) is 5.75 Å². The Balaban J connectivity index is 1.81. The van der Waals surface area contributed by atoms with Crippen molar-refractivity contribution in [3.63, 3.8) is 0 Å². The van der Waals surface area contributed by atoms with Gasteiger partial charge in [0.05, 0.1) is 5.02 Å². The Morgan fingerprint density at radius 2 is 2.04 bits per heavy atom. The van der Waals surface area contributed by atoms with E-state index in [2.05, 4.69) is 21.1 Å². The number of rotatable bonds is 5. The first-order valence-electron chi connectivity index (χ1n) is 7.60. The third kappa shape index (κ3) is 3.65. The summed E-state index contributed by atoms with van der Waals surface area (Å²) in [7, 11) is 0. The van der Waals surface area contributed by atoms with Crippen molar-refractivity contribution in [1.29, 1.82) is 0 Å². The molecule has 0 atom stereocenters. The number of nitrogens with zero attached hydrogens (tertiary/aromatic N) is 2. The minimum Gasteiger partial charge on any atom is -0.484 e. The molecular weight excluding hydrogens is 408 g/mol. The highest BCUT2D eigenvalue weighted by molar-refractivity contribution is 9.10. The predicted octanol–water partition coefficient (Wildman–Crippen LogP) is 5.07. The average Bonchev–Trinajstić information content (AvgIpc) is 3.09. The summed E-state index contributed by atoms with van der Waals surface area (Å²) in [5, 5.41) is 4.47. The first-order chi connectivity index (χ1) is 11.9. The van der Waals surface area contributed by atoms with E-state index in [1.54, 1.807) is 12.1 Å². The van der Waals surface area contributed by atoms with Crippen LogP contribution in [-0.4, -0.2) is 22.1 Å². The molecule has 0 fully saturated rings.